The number of aromatic nitrogens is 2. The van der Waals surface area contributed by atoms with E-state index >= 15 is 0 Å². The van der Waals surface area contributed by atoms with Crippen molar-refractivity contribution in [2.45, 2.75) is 32.7 Å². The molecule has 0 bridgehead atoms. The molecule has 2 aliphatic rings. The number of rotatable bonds is 2. The lowest BCUT2D eigenvalue weighted by atomic mass is 10.1. The molecular weight excluding hydrogens is 342 g/mol. The van der Waals surface area contributed by atoms with Crippen molar-refractivity contribution in [3.8, 4) is 0 Å². The molecular formula is C16H25N5O3S. The molecule has 3 rings (SSSR count). The lowest BCUT2D eigenvalue weighted by Crippen LogP contribution is -2.54. The molecule has 0 atom stereocenters. The average Bonchev–Trinajstić information content (AvgIpc) is 2.59. The van der Waals surface area contributed by atoms with Gasteiger partial charge in [0.25, 0.3) is 0 Å². The highest BCUT2D eigenvalue weighted by molar-refractivity contribution is 7.91. The fourth-order valence-electron chi connectivity index (χ4n) is 3.27. The zero-order valence-corrected chi connectivity index (χ0v) is 15.5. The van der Waals surface area contributed by atoms with E-state index < -0.39 is 9.84 Å². The minimum absolute atomic E-state index is 0.0409. The minimum atomic E-state index is -2.91. The zero-order chi connectivity index (χ0) is 18.0. The predicted molar refractivity (Wildman–Crippen MR) is 95.5 cm³/mol. The molecule has 2 amide bonds. The molecule has 0 radical (unpaired) electrons. The van der Waals surface area contributed by atoms with Crippen LogP contribution in [0.25, 0.3) is 0 Å². The van der Waals surface area contributed by atoms with E-state index in [4.69, 9.17) is 0 Å². The van der Waals surface area contributed by atoms with E-state index in [2.05, 4.69) is 20.2 Å². The summed E-state index contributed by atoms with van der Waals surface area (Å²) >= 11 is 0. The largest absolute Gasteiger partial charge is 0.353 e. The Morgan fingerprint density at radius 2 is 1.76 bits per heavy atom. The van der Waals surface area contributed by atoms with E-state index in [9.17, 15) is 13.2 Å². The summed E-state index contributed by atoms with van der Waals surface area (Å²) in [6.07, 6.45) is 2.59. The summed E-state index contributed by atoms with van der Waals surface area (Å²) in [6.45, 7) is 6.68. The maximum absolute atomic E-state index is 12.4. The Morgan fingerprint density at radius 1 is 1.12 bits per heavy atom. The van der Waals surface area contributed by atoms with Gasteiger partial charge in [-0.1, -0.05) is 0 Å². The molecule has 2 aliphatic heterocycles. The molecule has 1 aromatic heterocycles. The fraction of sp³-hybridized carbons (Fsp3) is 0.688. The third kappa shape index (κ3) is 4.20. The van der Waals surface area contributed by atoms with Crippen molar-refractivity contribution in [2.75, 3.05) is 42.6 Å². The van der Waals surface area contributed by atoms with Crippen LogP contribution in [0.4, 0.5) is 10.6 Å². The second-order valence-corrected chi connectivity index (χ2v) is 9.06. The molecule has 0 aliphatic carbocycles. The lowest BCUT2D eigenvalue weighted by molar-refractivity contribution is 0.189. The highest BCUT2D eigenvalue weighted by atomic mass is 32.2. The SMILES string of the molecule is Cc1ncnc(N2CCN(C(=O)NC3CCS(=O)(=O)CC3)CC2)c1C. The van der Waals surface area contributed by atoms with Gasteiger partial charge >= 0.3 is 6.03 Å². The van der Waals surface area contributed by atoms with Crippen LogP contribution in [-0.4, -0.2) is 73.0 Å². The van der Waals surface area contributed by atoms with Gasteiger partial charge in [0.05, 0.1) is 11.5 Å². The molecule has 0 unspecified atom stereocenters. The van der Waals surface area contributed by atoms with E-state index in [0.29, 0.717) is 25.9 Å². The van der Waals surface area contributed by atoms with E-state index in [-0.39, 0.29) is 23.6 Å². The first-order valence-corrected chi connectivity index (χ1v) is 10.5. The standard InChI is InChI=1S/C16H25N5O3S/c1-12-13(2)17-11-18-15(12)20-5-7-21(8-6-20)16(22)19-14-3-9-25(23,24)10-4-14/h11,14H,3-10H2,1-2H3,(H,19,22). The summed E-state index contributed by atoms with van der Waals surface area (Å²) in [5.41, 5.74) is 2.04. The molecule has 1 N–H and O–H groups in total. The van der Waals surface area contributed by atoms with Gasteiger partial charge in [0.15, 0.2) is 0 Å². The topological polar surface area (TPSA) is 95.5 Å². The summed E-state index contributed by atoms with van der Waals surface area (Å²) < 4.78 is 22.9. The van der Waals surface area contributed by atoms with Crippen molar-refractivity contribution >= 4 is 21.7 Å². The number of carbonyl (C=O) groups is 1. The lowest BCUT2D eigenvalue weighted by Gasteiger charge is -2.37. The van der Waals surface area contributed by atoms with Crippen LogP contribution < -0.4 is 10.2 Å². The first kappa shape index (κ1) is 17.9. The van der Waals surface area contributed by atoms with Crippen LogP contribution in [0, 0.1) is 13.8 Å². The Kier molecular flexibility index (Phi) is 5.12. The Labute approximate surface area is 148 Å². The van der Waals surface area contributed by atoms with Gasteiger partial charge in [0, 0.05) is 43.5 Å². The molecule has 3 heterocycles. The number of anilines is 1. The van der Waals surface area contributed by atoms with Crippen LogP contribution in [0.2, 0.25) is 0 Å². The Balaban J connectivity index is 1.52. The number of sulfone groups is 1. The van der Waals surface area contributed by atoms with E-state index in [1.165, 1.54) is 0 Å². The quantitative estimate of drug-likeness (QED) is 0.818. The maximum atomic E-state index is 12.4. The molecule has 9 heteroatoms. The van der Waals surface area contributed by atoms with Gasteiger partial charge in [-0.3, -0.25) is 0 Å². The monoisotopic (exact) mass is 367 g/mol. The van der Waals surface area contributed by atoms with Crippen LogP contribution in [0.3, 0.4) is 0 Å². The molecule has 2 saturated heterocycles. The first-order chi connectivity index (χ1) is 11.9. The summed E-state index contributed by atoms with van der Waals surface area (Å²) in [4.78, 5) is 25.0. The van der Waals surface area contributed by atoms with Crippen LogP contribution in [-0.2, 0) is 9.84 Å². The molecule has 8 nitrogen and oxygen atoms in total. The highest BCUT2D eigenvalue weighted by Crippen LogP contribution is 2.20. The van der Waals surface area contributed by atoms with Crippen LogP contribution in [0.5, 0.6) is 0 Å². The normalized spacial score (nSPS) is 21.2. The van der Waals surface area contributed by atoms with Gasteiger partial charge in [-0.25, -0.2) is 23.2 Å². The van der Waals surface area contributed by atoms with Crippen molar-refractivity contribution in [1.82, 2.24) is 20.2 Å². The second kappa shape index (κ2) is 7.15. The van der Waals surface area contributed by atoms with Gasteiger partial charge in [-0.05, 0) is 26.7 Å². The number of piperazine rings is 1. The van der Waals surface area contributed by atoms with Crippen molar-refractivity contribution in [3.05, 3.63) is 17.6 Å². The van der Waals surface area contributed by atoms with Crippen LogP contribution in [0.15, 0.2) is 6.33 Å². The van der Waals surface area contributed by atoms with Crippen molar-refractivity contribution in [1.29, 1.82) is 0 Å². The molecule has 25 heavy (non-hydrogen) atoms. The van der Waals surface area contributed by atoms with Gasteiger partial charge in [-0.15, -0.1) is 0 Å². The van der Waals surface area contributed by atoms with E-state index in [0.717, 1.165) is 30.2 Å². The second-order valence-electron chi connectivity index (χ2n) is 6.76. The third-order valence-electron chi connectivity index (χ3n) is 5.06. The molecule has 0 saturated carbocycles. The number of aryl methyl sites for hydroxylation is 1. The minimum Gasteiger partial charge on any atom is -0.353 e. The third-order valence-corrected chi connectivity index (χ3v) is 6.77. The molecule has 0 spiro atoms. The smallest absolute Gasteiger partial charge is 0.317 e. The number of carbonyl (C=O) groups excluding carboxylic acids is 1. The Morgan fingerprint density at radius 3 is 2.40 bits per heavy atom. The van der Waals surface area contributed by atoms with Crippen LogP contribution >= 0.6 is 0 Å². The highest BCUT2D eigenvalue weighted by Gasteiger charge is 2.28. The van der Waals surface area contributed by atoms with Crippen molar-refractivity contribution in [3.63, 3.8) is 0 Å². The maximum Gasteiger partial charge on any atom is 0.317 e. The van der Waals surface area contributed by atoms with E-state index in [1.54, 1.807) is 11.2 Å². The average molecular weight is 367 g/mol. The van der Waals surface area contributed by atoms with Crippen molar-refractivity contribution < 1.29 is 13.2 Å². The number of nitrogens with zero attached hydrogens (tertiary/aromatic N) is 4. The number of urea groups is 1. The van der Waals surface area contributed by atoms with Crippen molar-refractivity contribution in [2.24, 2.45) is 0 Å². The molecule has 0 aromatic carbocycles. The number of amides is 2. The van der Waals surface area contributed by atoms with Gasteiger partial charge < -0.3 is 15.1 Å². The predicted octanol–water partition coefficient (Wildman–Crippen LogP) is 0.502. The number of hydrogen-bond donors (Lipinski definition) is 1. The molecule has 2 fully saturated rings. The Bertz CT molecular complexity index is 730. The van der Waals surface area contributed by atoms with Crippen LogP contribution in [0.1, 0.15) is 24.1 Å². The number of nitrogens with one attached hydrogen (secondary N) is 1. The summed E-state index contributed by atoms with van der Waals surface area (Å²) in [5.74, 6) is 1.26. The summed E-state index contributed by atoms with van der Waals surface area (Å²) in [5, 5.41) is 2.98. The van der Waals surface area contributed by atoms with Gasteiger partial charge in [-0.2, -0.15) is 0 Å². The summed E-state index contributed by atoms with van der Waals surface area (Å²) in [7, 11) is -2.91. The fourth-order valence-corrected chi connectivity index (χ4v) is 4.76. The molecule has 1 aromatic rings. The van der Waals surface area contributed by atoms with Gasteiger partial charge in [0.1, 0.15) is 22.0 Å². The zero-order valence-electron chi connectivity index (χ0n) is 14.7. The Hall–Kier alpha value is -1.90. The first-order valence-electron chi connectivity index (χ1n) is 8.65. The van der Waals surface area contributed by atoms with E-state index in [1.807, 2.05) is 13.8 Å². The molecule has 138 valence electrons. The summed E-state index contributed by atoms with van der Waals surface area (Å²) in [6, 6.07) is -0.139. The number of hydrogen-bond acceptors (Lipinski definition) is 6. The van der Waals surface area contributed by atoms with Gasteiger partial charge in [0.2, 0.25) is 0 Å².